The second kappa shape index (κ2) is 10.7. The van der Waals surface area contributed by atoms with Crippen LogP contribution in [-0.4, -0.2) is 51.1 Å². The molecule has 0 spiro atoms. The Morgan fingerprint density at radius 2 is 1.15 bits per heavy atom. The largest absolute Gasteiger partial charge is 0.507 e. The standard InChI is InChI=1S/C16H14O6S.H3O3P/c1-21-15(19)11-7-9(3-5-13(11)17)23-10-4-6-14(18)12(8-10)16(20)22-2;1-4(2)3/h3-8,17-18H,1-2H3;1-3H. The highest BCUT2D eigenvalue weighted by molar-refractivity contribution is 7.99. The maximum Gasteiger partial charge on any atom is 0.341 e. The summed E-state index contributed by atoms with van der Waals surface area (Å²) in [6, 6.07) is 8.98. The lowest BCUT2D eigenvalue weighted by Gasteiger charge is -2.08. The van der Waals surface area contributed by atoms with Crippen LogP contribution in [0.25, 0.3) is 0 Å². The Morgan fingerprint density at radius 3 is 1.44 bits per heavy atom. The third-order valence-electron chi connectivity index (χ3n) is 2.98. The van der Waals surface area contributed by atoms with Gasteiger partial charge in [-0.2, -0.15) is 0 Å². The molecule has 0 radical (unpaired) electrons. The number of carbonyl (C=O) groups excluding carboxylic acids is 2. The minimum absolute atomic E-state index is 0.0458. The van der Waals surface area contributed by atoms with Crippen molar-refractivity contribution in [3.8, 4) is 11.5 Å². The van der Waals surface area contributed by atoms with Crippen molar-refractivity contribution in [2.24, 2.45) is 0 Å². The van der Waals surface area contributed by atoms with E-state index < -0.39 is 20.5 Å². The van der Waals surface area contributed by atoms with Crippen LogP contribution in [0.3, 0.4) is 0 Å². The van der Waals surface area contributed by atoms with Crippen molar-refractivity contribution in [3.63, 3.8) is 0 Å². The maximum atomic E-state index is 11.6. The second-order valence-corrected chi connectivity index (χ2v) is 6.40. The topological polar surface area (TPSA) is 154 Å². The molecule has 0 heterocycles. The van der Waals surface area contributed by atoms with Crippen molar-refractivity contribution in [1.29, 1.82) is 0 Å². The van der Waals surface area contributed by atoms with Crippen LogP contribution >= 0.6 is 20.4 Å². The third-order valence-corrected chi connectivity index (χ3v) is 3.96. The molecule has 146 valence electrons. The molecule has 0 aliphatic carbocycles. The molecule has 0 saturated heterocycles. The van der Waals surface area contributed by atoms with E-state index in [1.165, 1.54) is 50.2 Å². The Hall–Kier alpha value is -2.36. The molecule has 0 atom stereocenters. The van der Waals surface area contributed by atoms with Gasteiger partial charge >= 0.3 is 20.5 Å². The molecule has 27 heavy (non-hydrogen) atoms. The molecule has 0 aromatic heterocycles. The van der Waals surface area contributed by atoms with E-state index in [-0.39, 0.29) is 22.6 Å². The van der Waals surface area contributed by atoms with E-state index in [0.29, 0.717) is 9.79 Å². The van der Waals surface area contributed by atoms with E-state index >= 15 is 0 Å². The summed E-state index contributed by atoms with van der Waals surface area (Å²) in [5.41, 5.74) is 0.0916. The van der Waals surface area contributed by atoms with Gasteiger partial charge in [0.2, 0.25) is 0 Å². The number of phenolic OH excluding ortho intramolecular Hbond substituents is 2. The lowest BCUT2D eigenvalue weighted by Crippen LogP contribution is -2.02. The summed E-state index contributed by atoms with van der Waals surface area (Å²) in [4.78, 5) is 46.2. The van der Waals surface area contributed by atoms with E-state index in [2.05, 4.69) is 9.47 Å². The normalized spacial score (nSPS) is 10.0. The number of methoxy groups -OCH3 is 2. The van der Waals surface area contributed by atoms with Crippen molar-refractivity contribution >= 4 is 32.3 Å². The Morgan fingerprint density at radius 1 is 0.815 bits per heavy atom. The molecule has 0 bridgehead atoms. The predicted octanol–water partition coefficient (Wildman–Crippen LogP) is 2.01. The maximum absolute atomic E-state index is 11.6. The number of phenols is 2. The van der Waals surface area contributed by atoms with Gasteiger partial charge in [0.1, 0.15) is 22.6 Å². The van der Waals surface area contributed by atoms with Crippen molar-refractivity contribution in [1.82, 2.24) is 0 Å². The number of aromatic hydroxyl groups is 2. The average molecular weight is 416 g/mol. The minimum Gasteiger partial charge on any atom is -0.507 e. The van der Waals surface area contributed by atoms with Gasteiger partial charge in [0.25, 0.3) is 0 Å². The van der Waals surface area contributed by atoms with Crippen LogP contribution in [-0.2, 0) is 9.47 Å². The molecule has 11 heteroatoms. The summed E-state index contributed by atoms with van der Waals surface area (Å²) in [5, 5.41) is 19.4. The molecule has 0 saturated carbocycles. The minimum atomic E-state index is -2.62. The zero-order valence-corrected chi connectivity index (χ0v) is 15.9. The summed E-state index contributed by atoms with van der Waals surface area (Å²) < 4.78 is 9.20. The summed E-state index contributed by atoms with van der Waals surface area (Å²) in [6.07, 6.45) is 0. The van der Waals surface area contributed by atoms with Crippen LogP contribution in [0.5, 0.6) is 11.5 Å². The van der Waals surface area contributed by atoms with Crippen molar-refractivity contribution in [2.45, 2.75) is 9.79 Å². The molecule has 9 nitrogen and oxygen atoms in total. The molecule has 0 aliphatic heterocycles. The highest BCUT2D eigenvalue weighted by Gasteiger charge is 2.15. The van der Waals surface area contributed by atoms with E-state index in [0.717, 1.165) is 0 Å². The van der Waals surface area contributed by atoms with Gasteiger partial charge in [0.15, 0.2) is 0 Å². The van der Waals surface area contributed by atoms with Gasteiger partial charge in [0.05, 0.1) is 14.2 Å². The van der Waals surface area contributed by atoms with Gasteiger partial charge in [-0.15, -0.1) is 0 Å². The lowest BCUT2D eigenvalue weighted by atomic mass is 10.2. The van der Waals surface area contributed by atoms with Gasteiger partial charge < -0.3 is 34.4 Å². The molecule has 2 rings (SSSR count). The monoisotopic (exact) mass is 416 g/mol. The molecule has 0 amide bonds. The van der Waals surface area contributed by atoms with Crippen molar-refractivity contribution in [2.75, 3.05) is 14.2 Å². The Kier molecular flexibility index (Phi) is 8.99. The molecule has 0 fully saturated rings. The molecular formula is C16H17O9PS. The fourth-order valence-electron chi connectivity index (χ4n) is 1.84. The van der Waals surface area contributed by atoms with Gasteiger partial charge in [-0.25, -0.2) is 9.59 Å². The predicted molar refractivity (Wildman–Crippen MR) is 96.6 cm³/mol. The molecular weight excluding hydrogens is 399 g/mol. The number of hydrogen-bond donors (Lipinski definition) is 5. The number of benzene rings is 2. The van der Waals surface area contributed by atoms with Gasteiger partial charge in [-0.05, 0) is 36.4 Å². The zero-order valence-electron chi connectivity index (χ0n) is 14.2. The highest BCUT2D eigenvalue weighted by Crippen LogP contribution is 2.33. The van der Waals surface area contributed by atoms with Crippen molar-refractivity contribution < 1.29 is 44.0 Å². The summed E-state index contributed by atoms with van der Waals surface area (Å²) in [6.45, 7) is 0. The van der Waals surface area contributed by atoms with Crippen LogP contribution < -0.4 is 0 Å². The van der Waals surface area contributed by atoms with Crippen LogP contribution in [0, 0.1) is 0 Å². The first kappa shape index (κ1) is 22.7. The molecule has 2 aromatic carbocycles. The molecule has 0 unspecified atom stereocenters. The smallest absolute Gasteiger partial charge is 0.341 e. The molecule has 0 aliphatic rings. The zero-order chi connectivity index (χ0) is 20.6. The number of carbonyl (C=O) groups is 2. The summed E-state index contributed by atoms with van der Waals surface area (Å²) in [5.74, 6) is -1.65. The van der Waals surface area contributed by atoms with Crippen LogP contribution in [0.4, 0.5) is 0 Å². The average Bonchev–Trinajstić information content (AvgIpc) is 2.63. The number of hydrogen-bond acceptors (Lipinski definition) is 10. The van der Waals surface area contributed by atoms with Gasteiger partial charge in [-0.3, -0.25) is 0 Å². The molecule has 5 N–H and O–H groups in total. The van der Waals surface area contributed by atoms with E-state index in [4.69, 9.17) is 14.7 Å². The third kappa shape index (κ3) is 7.05. The fourth-order valence-corrected chi connectivity index (χ4v) is 2.74. The molecule has 2 aromatic rings. The summed E-state index contributed by atoms with van der Waals surface area (Å²) in [7, 11) is -0.168. The SMILES string of the molecule is COC(=O)c1cc(Sc2ccc(O)c(C(=O)OC)c2)ccc1O.OP(O)O. The van der Waals surface area contributed by atoms with Gasteiger partial charge in [0, 0.05) is 9.79 Å². The van der Waals surface area contributed by atoms with Crippen LogP contribution in [0.2, 0.25) is 0 Å². The van der Waals surface area contributed by atoms with E-state index in [1.807, 2.05) is 0 Å². The Bertz CT molecular complexity index is 744. The number of ether oxygens (including phenoxy) is 2. The first-order chi connectivity index (χ1) is 12.7. The lowest BCUT2D eigenvalue weighted by molar-refractivity contribution is 0.0588. The number of esters is 2. The van der Waals surface area contributed by atoms with E-state index in [1.54, 1.807) is 12.1 Å². The summed E-state index contributed by atoms with van der Waals surface area (Å²) >= 11 is 1.25. The quantitative estimate of drug-likeness (QED) is 0.369. The van der Waals surface area contributed by atoms with Gasteiger partial charge in [-0.1, -0.05) is 11.8 Å². The first-order valence-electron chi connectivity index (χ1n) is 7.06. The second-order valence-electron chi connectivity index (χ2n) is 4.71. The van der Waals surface area contributed by atoms with Crippen molar-refractivity contribution in [3.05, 3.63) is 47.5 Å². The van der Waals surface area contributed by atoms with E-state index in [9.17, 15) is 19.8 Å². The fraction of sp³-hybridized carbons (Fsp3) is 0.125. The highest BCUT2D eigenvalue weighted by atomic mass is 32.2. The Balaban J connectivity index is 0.000000828. The first-order valence-corrected chi connectivity index (χ1v) is 9.08. The number of rotatable bonds is 4. The Labute approximate surface area is 159 Å². The van der Waals surface area contributed by atoms with Crippen LogP contribution in [0.15, 0.2) is 46.2 Å². The van der Waals surface area contributed by atoms with Crippen LogP contribution in [0.1, 0.15) is 20.7 Å².